The molecule has 2 heteroatoms. The summed E-state index contributed by atoms with van der Waals surface area (Å²) in [4.78, 5) is 2.16. The second-order valence-corrected chi connectivity index (χ2v) is 3.71. The molecule has 0 aliphatic carbocycles. The Labute approximate surface area is 98.9 Å². The van der Waals surface area contributed by atoms with Crippen LogP contribution in [0.25, 0.3) is 0 Å². The molecule has 1 atom stereocenters. The third kappa shape index (κ3) is 4.88. The fourth-order valence-corrected chi connectivity index (χ4v) is 1.57. The Bertz CT molecular complexity index is 302. The fraction of sp³-hybridized carbons (Fsp3) is 0.385. The summed E-state index contributed by atoms with van der Waals surface area (Å²) in [6, 6.07) is 10.5. The van der Waals surface area contributed by atoms with E-state index in [1.54, 1.807) is 0 Å². The van der Waals surface area contributed by atoms with E-state index in [-0.39, 0.29) is 12.4 Å². The lowest BCUT2D eigenvalue weighted by molar-refractivity contribution is 0.354. The van der Waals surface area contributed by atoms with Gasteiger partial charge in [0.05, 0.1) is 6.54 Å². The SMILES string of the molecule is C#CCN(C)C[C@H](C)c1ccccc1.Cl. The third-order valence-corrected chi connectivity index (χ3v) is 2.32. The summed E-state index contributed by atoms with van der Waals surface area (Å²) >= 11 is 0. The van der Waals surface area contributed by atoms with Crippen molar-refractivity contribution in [2.24, 2.45) is 0 Å². The van der Waals surface area contributed by atoms with Crippen molar-refractivity contribution in [3.8, 4) is 12.3 Å². The highest BCUT2D eigenvalue weighted by Crippen LogP contribution is 2.14. The number of nitrogens with zero attached hydrogens (tertiary/aromatic N) is 1. The third-order valence-electron chi connectivity index (χ3n) is 2.32. The van der Waals surface area contributed by atoms with Crippen LogP contribution < -0.4 is 0 Å². The van der Waals surface area contributed by atoms with E-state index in [2.05, 4.69) is 49.1 Å². The summed E-state index contributed by atoms with van der Waals surface area (Å²) in [5, 5.41) is 0. The van der Waals surface area contributed by atoms with Crippen LogP contribution in [0.1, 0.15) is 18.4 Å². The molecule has 0 unspecified atom stereocenters. The topological polar surface area (TPSA) is 3.24 Å². The minimum atomic E-state index is 0. The van der Waals surface area contributed by atoms with Crippen molar-refractivity contribution >= 4 is 12.4 Å². The predicted molar refractivity (Wildman–Crippen MR) is 68.4 cm³/mol. The Morgan fingerprint density at radius 2 is 1.93 bits per heavy atom. The molecule has 0 heterocycles. The van der Waals surface area contributed by atoms with Gasteiger partial charge in [0.15, 0.2) is 0 Å². The van der Waals surface area contributed by atoms with Gasteiger partial charge in [0.1, 0.15) is 0 Å². The van der Waals surface area contributed by atoms with Gasteiger partial charge in [0.25, 0.3) is 0 Å². The van der Waals surface area contributed by atoms with Gasteiger partial charge in [-0.15, -0.1) is 18.8 Å². The normalized spacial score (nSPS) is 11.6. The Morgan fingerprint density at radius 1 is 1.33 bits per heavy atom. The molecule has 0 spiro atoms. The van der Waals surface area contributed by atoms with Crippen molar-refractivity contribution in [1.29, 1.82) is 0 Å². The van der Waals surface area contributed by atoms with Crippen LogP contribution >= 0.6 is 12.4 Å². The molecular weight excluding hydrogens is 206 g/mol. The van der Waals surface area contributed by atoms with Crippen molar-refractivity contribution in [2.75, 3.05) is 20.1 Å². The maximum atomic E-state index is 5.25. The molecule has 0 fully saturated rings. The molecule has 0 radical (unpaired) electrons. The minimum Gasteiger partial charge on any atom is -0.295 e. The average Bonchev–Trinajstić information content (AvgIpc) is 2.19. The van der Waals surface area contributed by atoms with E-state index in [0.29, 0.717) is 5.92 Å². The van der Waals surface area contributed by atoms with Gasteiger partial charge < -0.3 is 0 Å². The van der Waals surface area contributed by atoms with E-state index in [4.69, 9.17) is 6.42 Å². The van der Waals surface area contributed by atoms with Gasteiger partial charge in [0, 0.05) is 6.54 Å². The second kappa shape index (κ2) is 7.34. The van der Waals surface area contributed by atoms with Gasteiger partial charge in [-0.05, 0) is 18.5 Å². The van der Waals surface area contributed by atoms with E-state index in [9.17, 15) is 0 Å². The molecule has 0 aromatic heterocycles. The largest absolute Gasteiger partial charge is 0.295 e. The molecular formula is C13H18ClN. The summed E-state index contributed by atoms with van der Waals surface area (Å²) in [6.45, 7) is 3.95. The van der Waals surface area contributed by atoms with E-state index in [0.717, 1.165) is 13.1 Å². The molecule has 0 saturated carbocycles. The van der Waals surface area contributed by atoms with E-state index < -0.39 is 0 Å². The van der Waals surface area contributed by atoms with Crippen molar-refractivity contribution < 1.29 is 0 Å². The van der Waals surface area contributed by atoms with E-state index in [1.165, 1.54) is 5.56 Å². The Kier molecular flexibility index (Phi) is 6.86. The summed E-state index contributed by atoms with van der Waals surface area (Å²) in [7, 11) is 2.05. The van der Waals surface area contributed by atoms with Crippen LogP contribution in [-0.2, 0) is 0 Å². The molecule has 0 aliphatic rings. The lowest BCUT2D eigenvalue weighted by Crippen LogP contribution is -2.23. The number of hydrogen-bond acceptors (Lipinski definition) is 1. The number of rotatable bonds is 4. The molecule has 1 aromatic carbocycles. The molecule has 0 amide bonds. The van der Waals surface area contributed by atoms with Gasteiger partial charge >= 0.3 is 0 Å². The number of hydrogen-bond donors (Lipinski definition) is 0. The van der Waals surface area contributed by atoms with E-state index >= 15 is 0 Å². The number of likely N-dealkylation sites (N-methyl/N-ethyl adjacent to an activating group) is 1. The number of terminal acetylenes is 1. The van der Waals surface area contributed by atoms with Gasteiger partial charge in [-0.1, -0.05) is 43.2 Å². The molecule has 1 aromatic rings. The molecule has 0 aliphatic heterocycles. The van der Waals surface area contributed by atoms with Gasteiger partial charge in [0.2, 0.25) is 0 Å². The second-order valence-electron chi connectivity index (χ2n) is 3.71. The van der Waals surface area contributed by atoms with Crippen LogP contribution in [0.3, 0.4) is 0 Å². The van der Waals surface area contributed by atoms with Crippen molar-refractivity contribution in [3.63, 3.8) is 0 Å². The zero-order valence-corrected chi connectivity index (χ0v) is 10.1. The highest BCUT2D eigenvalue weighted by molar-refractivity contribution is 5.85. The summed E-state index contributed by atoms with van der Waals surface area (Å²) < 4.78 is 0. The quantitative estimate of drug-likeness (QED) is 0.710. The lowest BCUT2D eigenvalue weighted by Gasteiger charge is -2.19. The first-order valence-electron chi connectivity index (χ1n) is 4.91. The molecule has 82 valence electrons. The van der Waals surface area contributed by atoms with Crippen molar-refractivity contribution in [2.45, 2.75) is 12.8 Å². The molecule has 0 saturated heterocycles. The zero-order chi connectivity index (χ0) is 10.4. The van der Waals surface area contributed by atoms with Gasteiger partial charge in [-0.3, -0.25) is 4.90 Å². The summed E-state index contributed by atoms with van der Waals surface area (Å²) in [6.07, 6.45) is 5.25. The number of halogens is 1. The zero-order valence-electron chi connectivity index (χ0n) is 9.31. The van der Waals surface area contributed by atoms with Gasteiger partial charge in [-0.2, -0.15) is 0 Å². The van der Waals surface area contributed by atoms with Crippen LogP contribution in [0.5, 0.6) is 0 Å². The Balaban J connectivity index is 0.00000196. The minimum absolute atomic E-state index is 0. The highest BCUT2D eigenvalue weighted by atomic mass is 35.5. The van der Waals surface area contributed by atoms with Crippen LogP contribution in [-0.4, -0.2) is 25.0 Å². The molecule has 1 rings (SSSR count). The van der Waals surface area contributed by atoms with Crippen molar-refractivity contribution in [3.05, 3.63) is 35.9 Å². The highest BCUT2D eigenvalue weighted by Gasteiger charge is 2.06. The van der Waals surface area contributed by atoms with Crippen LogP contribution in [0, 0.1) is 12.3 Å². The van der Waals surface area contributed by atoms with Crippen LogP contribution in [0.4, 0.5) is 0 Å². The number of benzene rings is 1. The maximum Gasteiger partial charge on any atom is 0.0596 e. The first kappa shape index (κ1) is 14.0. The Hall–Kier alpha value is -0.970. The molecule has 1 nitrogen and oxygen atoms in total. The first-order valence-corrected chi connectivity index (χ1v) is 4.91. The summed E-state index contributed by atoms with van der Waals surface area (Å²) in [5.74, 6) is 3.19. The monoisotopic (exact) mass is 223 g/mol. The lowest BCUT2D eigenvalue weighted by atomic mass is 10.0. The standard InChI is InChI=1S/C13H17N.ClH/c1-4-10-14(3)11-12(2)13-8-6-5-7-9-13;/h1,5-9,12H,10-11H2,2-3H3;1H/t12-;/m0./s1. The smallest absolute Gasteiger partial charge is 0.0596 e. The van der Waals surface area contributed by atoms with Crippen molar-refractivity contribution in [1.82, 2.24) is 4.90 Å². The fourth-order valence-electron chi connectivity index (χ4n) is 1.57. The molecule has 0 N–H and O–H groups in total. The predicted octanol–water partition coefficient (Wildman–Crippen LogP) is 2.78. The molecule has 15 heavy (non-hydrogen) atoms. The molecule has 0 bridgehead atoms. The summed E-state index contributed by atoms with van der Waals surface area (Å²) in [5.41, 5.74) is 1.37. The van der Waals surface area contributed by atoms with E-state index in [1.807, 2.05) is 6.07 Å². The van der Waals surface area contributed by atoms with Crippen LogP contribution in [0.2, 0.25) is 0 Å². The Morgan fingerprint density at radius 3 is 2.47 bits per heavy atom. The van der Waals surface area contributed by atoms with Gasteiger partial charge in [-0.25, -0.2) is 0 Å². The van der Waals surface area contributed by atoms with Crippen LogP contribution in [0.15, 0.2) is 30.3 Å². The first-order chi connectivity index (χ1) is 6.74. The average molecular weight is 224 g/mol. The maximum absolute atomic E-state index is 5.25.